The fourth-order valence-corrected chi connectivity index (χ4v) is 7.16. The van der Waals surface area contributed by atoms with E-state index < -0.39 is 20.2 Å². The van der Waals surface area contributed by atoms with Crippen molar-refractivity contribution < 1.29 is 30.4 Å². The van der Waals surface area contributed by atoms with Gasteiger partial charge in [-0.3, -0.25) is 0 Å². The average molecular weight is 608 g/mol. The fourth-order valence-electron chi connectivity index (χ4n) is 5.26. The first kappa shape index (κ1) is 26.7. The zero-order chi connectivity index (χ0) is 29.8. The summed E-state index contributed by atoms with van der Waals surface area (Å²) in [6, 6.07) is 33.6. The molecule has 8 nitrogen and oxygen atoms in total. The Kier molecular flexibility index (Phi) is 6.19. The smallest absolute Gasteiger partial charge is 0.339 e. The summed E-state index contributed by atoms with van der Waals surface area (Å²) in [5.41, 5.74) is 1.80. The molecule has 0 amide bonds. The second kappa shape index (κ2) is 9.97. The first-order valence-electron chi connectivity index (χ1n) is 13.1. The lowest BCUT2D eigenvalue weighted by atomic mass is 10.1. The zero-order valence-electron chi connectivity index (χ0n) is 22.2. The summed E-state index contributed by atoms with van der Waals surface area (Å²) in [4.78, 5) is -0.304. The molecule has 0 unspecified atom stereocenters. The van der Waals surface area contributed by atoms with Crippen molar-refractivity contribution in [3.05, 3.63) is 132 Å². The molecule has 1 aliphatic rings. The number of fused-ring (bicyclic) bond motifs is 5. The molecule has 1 aliphatic carbocycles. The van der Waals surface area contributed by atoms with Crippen LogP contribution in [0.2, 0.25) is 0 Å². The van der Waals surface area contributed by atoms with Crippen LogP contribution in [-0.2, 0) is 20.2 Å². The first-order valence-corrected chi connectivity index (χ1v) is 15.9. The molecule has 0 heterocycles. The van der Waals surface area contributed by atoms with Gasteiger partial charge in [-0.15, -0.1) is 0 Å². The SMILES string of the molecule is O=S(=O)(Oc1ccc2ccccc2c1)c1ccc2c(c1)C(=NO)c1cc(S(=O)(=O)Oc3ccc4ccccc4c3)ccc1-2. The predicted octanol–water partition coefficient (Wildman–Crippen LogP) is 6.74. The van der Waals surface area contributed by atoms with Crippen LogP contribution in [0, 0.1) is 0 Å². The molecule has 0 aliphatic heterocycles. The maximum atomic E-state index is 13.2. The lowest BCUT2D eigenvalue weighted by molar-refractivity contribution is 0.320. The Bertz CT molecular complexity index is 2180. The number of oxime groups is 1. The summed E-state index contributed by atoms with van der Waals surface area (Å²) in [6.07, 6.45) is 0. The van der Waals surface area contributed by atoms with Crippen LogP contribution in [0.4, 0.5) is 0 Å². The normalized spacial score (nSPS) is 12.6. The van der Waals surface area contributed by atoms with E-state index in [0.717, 1.165) is 21.5 Å². The third kappa shape index (κ3) is 4.76. The van der Waals surface area contributed by atoms with Crippen LogP contribution in [0.1, 0.15) is 11.1 Å². The van der Waals surface area contributed by atoms with Gasteiger partial charge < -0.3 is 13.6 Å². The molecule has 0 radical (unpaired) electrons. The number of rotatable bonds is 6. The quantitative estimate of drug-likeness (QED) is 0.126. The fraction of sp³-hybridized carbons (Fsp3) is 0. The molecule has 6 aromatic rings. The third-order valence-corrected chi connectivity index (χ3v) is 9.80. The van der Waals surface area contributed by atoms with Gasteiger partial charge in [-0.25, -0.2) is 0 Å². The van der Waals surface area contributed by atoms with Crippen molar-refractivity contribution in [3.63, 3.8) is 0 Å². The van der Waals surface area contributed by atoms with Crippen molar-refractivity contribution in [3.8, 4) is 22.6 Å². The van der Waals surface area contributed by atoms with E-state index in [-0.39, 0.29) is 27.0 Å². The van der Waals surface area contributed by atoms with Gasteiger partial charge in [-0.1, -0.05) is 78.0 Å². The highest BCUT2D eigenvalue weighted by Crippen LogP contribution is 2.40. The summed E-state index contributed by atoms with van der Waals surface area (Å²) in [7, 11) is -8.51. The van der Waals surface area contributed by atoms with E-state index in [4.69, 9.17) is 8.37 Å². The molecule has 0 saturated heterocycles. The summed E-state index contributed by atoms with van der Waals surface area (Å²) < 4.78 is 63.7. The molecule has 43 heavy (non-hydrogen) atoms. The second-order valence-corrected chi connectivity index (χ2v) is 13.0. The van der Waals surface area contributed by atoms with Crippen molar-refractivity contribution >= 4 is 47.5 Å². The molecule has 1 N–H and O–H groups in total. The maximum Gasteiger partial charge on any atom is 0.339 e. The van der Waals surface area contributed by atoms with Crippen molar-refractivity contribution in [2.45, 2.75) is 9.79 Å². The molecule has 0 fully saturated rings. The van der Waals surface area contributed by atoms with E-state index in [1.807, 2.05) is 48.5 Å². The summed E-state index contributed by atoms with van der Waals surface area (Å²) in [6.45, 7) is 0. The van der Waals surface area contributed by atoms with Crippen LogP contribution < -0.4 is 8.37 Å². The van der Waals surface area contributed by atoms with Crippen molar-refractivity contribution in [2.75, 3.05) is 0 Å². The van der Waals surface area contributed by atoms with E-state index in [9.17, 15) is 22.0 Å². The highest BCUT2D eigenvalue weighted by atomic mass is 32.2. The van der Waals surface area contributed by atoms with E-state index in [2.05, 4.69) is 5.16 Å². The molecule has 0 atom stereocenters. The molecule has 6 aromatic carbocycles. The Morgan fingerprint density at radius 2 is 0.884 bits per heavy atom. The Morgan fingerprint density at radius 3 is 1.30 bits per heavy atom. The van der Waals surface area contributed by atoms with Gasteiger partial charge in [0.15, 0.2) is 0 Å². The third-order valence-electron chi connectivity index (χ3n) is 7.31. The molecule has 7 rings (SSSR count). The predicted molar refractivity (Wildman–Crippen MR) is 163 cm³/mol. The summed E-state index contributed by atoms with van der Waals surface area (Å²) in [5.74, 6) is 0.305. The number of benzene rings is 6. The molecule has 0 saturated carbocycles. The van der Waals surface area contributed by atoms with Gasteiger partial charge >= 0.3 is 20.2 Å². The zero-order valence-corrected chi connectivity index (χ0v) is 23.8. The summed E-state index contributed by atoms with van der Waals surface area (Å²) >= 11 is 0. The Morgan fingerprint density at radius 1 is 0.465 bits per heavy atom. The van der Waals surface area contributed by atoms with Crippen LogP contribution in [0.3, 0.4) is 0 Å². The summed E-state index contributed by atoms with van der Waals surface area (Å²) in [5, 5.41) is 16.9. The topological polar surface area (TPSA) is 119 Å². The molecule has 0 aromatic heterocycles. The van der Waals surface area contributed by atoms with Crippen LogP contribution in [0.25, 0.3) is 32.7 Å². The molecule has 0 spiro atoms. The second-order valence-electron chi connectivity index (χ2n) is 9.96. The van der Waals surface area contributed by atoms with Crippen molar-refractivity contribution in [1.29, 1.82) is 0 Å². The monoisotopic (exact) mass is 607 g/mol. The van der Waals surface area contributed by atoms with Crippen LogP contribution in [0.15, 0.2) is 136 Å². The van der Waals surface area contributed by atoms with Crippen LogP contribution in [0.5, 0.6) is 11.5 Å². The van der Waals surface area contributed by atoms with E-state index >= 15 is 0 Å². The van der Waals surface area contributed by atoms with Gasteiger partial charge in [0.05, 0.1) is 0 Å². The molecule has 212 valence electrons. The standard InChI is InChI=1S/C33H21NO7S2/c35-34-33-31-19-27(42(36,37)40-25-11-9-21-5-1-3-7-23(21)17-25)13-15-29(31)30-16-14-28(20-32(30)33)43(38,39)41-26-12-10-22-6-2-4-8-24(22)18-26/h1-20,35H. The first-order chi connectivity index (χ1) is 20.7. The van der Waals surface area contributed by atoms with Crippen molar-refractivity contribution in [2.24, 2.45) is 5.16 Å². The molecular formula is C33H21NO7S2. The Hall–Kier alpha value is -5.19. The lowest BCUT2D eigenvalue weighted by Gasteiger charge is -2.10. The van der Waals surface area contributed by atoms with Gasteiger partial charge in [-0.05, 0) is 81.2 Å². The minimum absolute atomic E-state index is 0.0236. The maximum absolute atomic E-state index is 13.2. The van der Waals surface area contributed by atoms with Crippen molar-refractivity contribution in [1.82, 2.24) is 0 Å². The highest BCUT2D eigenvalue weighted by molar-refractivity contribution is 7.87. The van der Waals surface area contributed by atoms with E-state index in [1.54, 1.807) is 48.5 Å². The van der Waals surface area contributed by atoms with Crippen LogP contribution in [-0.4, -0.2) is 27.8 Å². The molecular weight excluding hydrogens is 586 g/mol. The van der Waals surface area contributed by atoms with Gasteiger partial charge in [0, 0.05) is 11.1 Å². The molecule has 0 bridgehead atoms. The Labute approximate surface area is 247 Å². The minimum Gasteiger partial charge on any atom is -0.410 e. The van der Waals surface area contributed by atoms with E-state index in [1.165, 1.54) is 24.3 Å². The average Bonchev–Trinajstić information content (AvgIpc) is 3.33. The molecule has 10 heteroatoms. The van der Waals surface area contributed by atoms with Crippen LogP contribution >= 0.6 is 0 Å². The van der Waals surface area contributed by atoms with Gasteiger partial charge in [0.1, 0.15) is 27.0 Å². The minimum atomic E-state index is -4.26. The van der Waals surface area contributed by atoms with Gasteiger partial charge in [0.25, 0.3) is 0 Å². The largest absolute Gasteiger partial charge is 0.410 e. The number of hydrogen-bond acceptors (Lipinski definition) is 8. The van der Waals surface area contributed by atoms with Gasteiger partial charge in [0.2, 0.25) is 0 Å². The number of nitrogens with zero attached hydrogens (tertiary/aromatic N) is 1. The van der Waals surface area contributed by atoms with E-state index in [0.29, 0.717) is 22.3 Å². The number of hydrogen-bond donors (Lipinski definition) is 1. The van der Waals surface area contributed by atoms with Gasteiger partial charge in [-0.2, -0.15) is 16.8 Å². The highest BCUT2D eigenvalue weighted by Gasteiger charge is 2.30. The Balaban J connectivity index is 1.19. The lowest BCUT2D eigenvalue weighted by Crippen LogP contribution is -2.11.